The molecule has 0 aliphatic carbocycles. The van der Waals surface area contributed by atoms with Crippen LogP contribution in [-0.2, 0) is 10.0 Å². The number of benzene rings is 2. The molecular formula is C16H16BrNO6S. The Labute approximate surface area is 153 Å². The predicted octanol–water partition coefficient (Wildman–Crippen LogP) is 3.27. The Balaban J connectivity index is 2.45. The maximum atomic E-state index is 12.7. The number of anilines is 1. The molecule has 2 rings (SSSR count). The minimum Gasteiger partial charge on any atom is -0.493 e. The van der Waals surface area contributed by atoms with Crippen molar-refractivity contribution in [2.24, 2.45) is 0 Å². The summed E-state index contributed by atoms with van der Waals surface area (Å²) < 4.78 is 38.4. The Morgan fingerprint density at radius 1 is 1.12 bits per heavy atom. The molecule has 2 N–H and O–H groups in total. The van der Waals surface area contributed by atoms with Gasteiger partial charge in [-0.05, 0) is 52.7 Å². The second-order valence-electron chi connectivity index (χ2n) is 5.08. The van der Waals surface area contributed by atoms with Gasteiger partial charge in [0.15, 0.2) is 11.5 Å². The van der Waals surface area contributed by atoms with Crippen LogP contribution in [0.1, 0.15) is 15.9 Å². The number of ether oxygens (including phenoxy) is 2. The van der Waals surface area contributed by atoms with E-state index in [0.29, 0.717) is 15.8 Å². The molecule has 0 amide bonds. The number of hydrogen-bond donors (Lipinski definition) is 2. The van der Waals surface area contributed by atoms with Crippen LogP contribution in [0.3, 0.4) is 0 Å². The lowest BCUT2D eigenvalue weighted by Crippen LogP contribution is -2.15. The van der Waals surface area contributed by atoms with Crippen molar-refractivity contribution < 1.29 is 27.8 Å². The zero-order chi connectivity index (χ0) is 18.8. The number of carbonyl (C=O) groups is 1. The van der Waals surface area contributed by atoms with Crippen molar-refractivity contribution in [3.63, 3.8) is 0 Å². The van der Waals surface area contributed by atoms with Crippen LogP contribution < -0.4 is 14.2 Å². The lowest BCUT2D eigenvalue weighted by Gasteiger charge is -2.15. The number of aromatic carboxylic acids is 1. The fourth-order valence-corrected chi connectivity index (χ4v) is 4.32. The van der Waals surface area contributed by atoms with Crippen molar-refractivity contribution in [3.8, 4) is 11.5 Å². The van der Waals surface area contributed by atoms with E-state index in [1.165, 1.54) is 44.6 Å². The monoisotopic (exact) mass is 429 g/mol. The quantitative estimate of drug-likeness (QED) is 0.730. The fourth-order valence-electron chi connectivity index (χ4n) is 2.15. The van der Waals surface area contributed by atoms with Crippen LogP contribution in [0.25, 0.3) is 0 Å². The van der Waals surface area contributed by atoms with Crippen LogP contribution in [0.2, 0.25) is 0 Å². The highest BCUT2D eigenvalue weighted by Crippen LogP contribution is 2.36. The van der Waals surface area contributed by atoms with E-state index in [1.807, 2.05) is 0 Å². The zero-order valence-electron chi connectivity index (χ0n) is 13.7. The molecule has 2 aromatic rings. The van der Waals surface area contributed by atoms with Gasteiger partial charge in [0.25, 0.3) is 10.0 Å². The third-order valence-electron chi connectivity index (χ3n) is 3.45. The lowest BCUT2D eigenvalue weighted by atomic mass is 10.1. The van der Waals surface area contributed by atoms with Gasteiger partial charge in [-0.1, -0.05) is 0 Å². The molecule has 0 fully saturated rings. The van der Waals surface area contributed by atoms with Crippen LogP contribution in [0, 0.1) is 6.92 Å². The third kappa shape index (κ3) is 4.05. The molecule has 2 aromatic carbocycles. The highest BCUT2D eigenvalue weighted by Gasteiger charge is 2.22. The van der Waals surface area contributed by atoms with Crippen molar-refractivity contribution in [2.45, 2.75) is 11.8 Å². The van der Waals surface area contributed by atoms with Crippen LogP contribution in [0.4, 0.5) is 5.69 Å². The standard InChI is InChI=1S/C16H16BrNO6S/c1-9-6-10(16(19)20)4-5-12(9)18-25(21,22)15-8-14(24-3)13(23-2)7-11(15)17/h4-8,18H,1-3H3,(H,19,20). The van der Waals surface area contributed by atoms with E-state index >= 15 is 0 Å². The molecule has 25 heavy (non-hydrogen) atoms. The van der Waals surface area contributed by atoms with Crippen molar-refractivity contribution in [2.75, 3.05) is 18.9 Å². The summed E-state index contributed by atoms with van der Waals surface area (Å²) in [6.45, 7) is 1.62. The van der Waals surface area contributed by atoms with E-state index in [0.717, 1.165) is 0 Å². The third-order valence-corrected chi connectivity index (χ3v) is 5.77. The van der Waals surface area contributed by atoms with Gasteiger partial charge in [-0.25, -0.2) is 13.2 Å². The van der Waals surface area contributed by atoms with Gasteiger partial charge in [0.1, 0.15) is 4.90 Å². The average molecular weight is 430 g/mol. The summed E-state index contributed by atoms with van der Waals surface area (Å²) in [6, 6.07) is 6.96. The summed E-state index contributed by atoms with van der Waals surface area (Å²) in [4.78, 5) is 10.9. The first kappa shape index (κ1) is 19.1. The van der Waals surface area contributed by atoms with Crippen LogP contribution in [0.15, 0.2) is 39.7 Å². The number of carboxylic acid groups (broad SMARTS) is 1. The van der Waals surface area contributed by atoms with Crippen molar-refractivity contribution in [1.82, 2.24) is 0 Å². The summed E-state index contributed by atoms with van der Waals surface area (Å²) in [6.07, 6.45) is 0. The first-order chi connectivity index (χ1) is 11.7. The van der Waals surface area contributed by atoms with Crippen LogP contribution >= 0.6 is 15.9 Å². The van der Waals surface area contributed by atoms with E-state index in [4.69, 9.17) is 14.6 Å². The number of halogens is 1. The minimum absolute atomic E-state index is 0.0353. The van der Waals surface area contributed by atoms with E-state index in [2.05, 4.69) is 20.7 Å². The Hall–Kier alpha value is -2.26. The molecule has 0 aromatic heterocycles. The van der Waals surface area contributed by atoms with Crippen molar-refractivity contribution >= 4 is 37.6 Å². The molecule has 0 atom stereocenters. The van der Waals surface area contributed by atoms with Gasteiger partial charge in [-0.15, -0.1) is 0 Å². The van der Waals surface area contributed by atoms with Gasteiger partial charge >= 0.3 is 5.97 Å². The summed E-state index contributed by atoms with van der Waals surface area (Å²) in [5.74, 6) is -0.431. The fraction of sp³-hybridized carbons (Fsp3) is 0.188. The van der Waals surface area contributed by atoms with E-state index < -0.39 is 16.0 Å². The van der Waals surface area contributed by atoms with E-state index in [9.17, 15) is 13.2 Å². The Bertz CT molecular complexity index is 926. The summed E-state index contributed by atoms with van der Waals surface area (Å²) in [5, 5.41) is 8.98. The Morgan fingerprint density at radius 3 is 2.24 bits per heavy atom. The largest absolute Gasteiger partial charge is 0.493 e. The van der Waals surface area contributed by atoms with Crippen LogP contribution in [0.5, 0.6) is 11.5 Å². The van der Waals surface area contributed by atoms with Crippen LogP contribution in [-0.4, -0.2) is 33.7 Å². The molecule has 0 radical (unpaired) electrons. The maximum absolute atomic E-state index is 12.7. The van der Waals surface area contributed by atoms with Gasteiger partial charge in [0, 0.05) is 10.5 Å². The summed E-state index contributed by atoms with van der Waals surface area (Å²) in [7, 11) is -1.08. The van der Waals surface area contributed by atoms with Gasteiger partial charge in [0.2, 0.25) is 0 Å². The molecule has 9 heteroatoms. The molecule has 134 valence electrons. The minimum atomic E-state index is -3.94. The molecule has 0 bridgehead atoms. The second-order valence-corrected chi connectivity index (χ2v) is 7.58. The SMILES string of the molecule is COc1cc(Br)c(S(=O)(=O)Nc2ccc(C(=O)O)cc2C)cc1OC. The van der Waals surface area contributed by atoms with Gasteiger partial charge in [0.05, 0.1) is 25.5 Å². The molecule has 0 saturated heterocycles. The topological polar surface area (TPSA) is 102 Å². The molecule has 7 nitrogen and oxygen atoms in total. The molecule has 0 unspecified atom stereocenters. The van der Waals surface area contributed by atoms with E-state index in [1.54, 1.807) is 6.92 Å². The average Bonchev–Trinajstić information content (AvgIpc) is 2.55. The molecule has 0 saturated carbocycles. The number of hydrogen-bond acceptors (Lipinski definition) is 5. The highest BCUT2D eigenvalue weighted by atomic mass is 79.9. The molecule has 0 spiro atoms. The Kier molecular flexibility index (Phi) is 5.58. The number of aryl methyl sites for hydroxylation is 1. The molecule has 0 aliphatic heterocycles. The van der Waals surface area contributed by atoms with Gasteiger partial charge in [-0.3, -0.25) is 4.72 Å². The van der Waals surface area contributed by atoms with Gasteiger partial charge < -0.3 is 14.6 Å². The first-order valence-electron chi connectivity index (χ1n) is 6.98. The van der Waals surface area contributed by atoms with Crippen molar-refractivity contribution in [3.05, 3.63) is 45.9 Å². The lowest BCUT2D eigenvalue weighted by molar-refractivity contribution is 0.0697. The number of methoxy groups -OCH3 is 2. The molecule has 0 aliphatic rings. The Morgan fingerprint density at radius 2 is 1.72 bits per heavy atom. The van der Waals surface area contributed by atoms with Crippen molar-refractivity contribution in [1.29, 1.82) is 0 Å². The number of sulfonamides is 1. The number of nitrogens with one attached hydrogen (secondary N) is 1. The van der Waals surface area contributed by atoms with E-state index in [-0.39, 0.29) is 21.9 Å². The number of rotatable bonds is 6. The predicted molar refractivity (Wildman–Crippen MR) is 96.2 cm³/mol. The summed E-state index contributed by atoms with van der Waals surface area (Å²) in [5.41, 5.74) is 0.847. The molecule has 0 heterocycles. The zero-order valence-corrected chi connectivity index (χ0v) is 16.1. The smallest absolute Gasteiger partial charge is 0.335 e. The number of carboxylic acids is 1. The highest BCUT2D eigenvalue weighted by molar-refractivity contribution is 9.10. The van der Waals surface area contributed by atoms with Gasteiger partial charge in [-0.2, -0.15) is 0 Å². The molecular weight excluding hydrogens is 414 g/mol. The maximum Gasteiger partial charge on any atom is 0.335 e. The normalized spacial score (nSPS) is 11.0. The second kappa shape index (κ2) is 7.32. The summed E-state index contributed by atoms with van der Waals surface area (Å²) >= 11 is 3.22. The first-order valence-corrected chi connectivity index (χ1v) is 9.25.